The summed E-state index contributed by atoms with van der Waals surface area (Å²) in [6, 6.07) is 0. The Kier molecular flexibility index (Phi) is 24.1. The van der Waals surface area contributed by atoms with Gasteiger partial charge in [0.2, 0.25) is 0 Å². The molecule has 0 aromatic rings. The topological polar surface area (TPSA) is 639 Å². The highest BCUT2D eigenvalue weighted by molar-refractivity contribution is 5.02. The van der Waals surface area contributed by atoms with Crippen LogP contribution < -0.4 is 5.73 Å². The molecule has 30 rings (SSSR count). The van der Waals surface area contributed by atoms with Gasteiger partial charge in [0.1, 0.15) is 195 Å². The van der Waals surface area contributed by atoms with Gasteiger partial charge in [-0.2, -0.15) is 0 Å². The SMILES string of the molecule is NC[C@H]1O[C@@H]2O[C@H]3[C@H](O)[C@H](O)[C@@H](O[C@H]4[C@@H](O)[C@H](O)[C@@H](O[C@H]5[C@H](O)[C@@H](O)[C@@H](O[C@H]6[C@@H](O)[C@H](O)[C@@H](O[C@H]7[C@@H](O)[C@H](O)[C@@H](O[C@H]8[C@H](O)[C@H](O)[C@@H](O[C@H]9[C@@H](O)[C@H](O)[C@@H](O[C@H]1[C@H](O)[C@H]2O)O[C@@H]9CO)O[C@@H]8CO)O[C@@H]7CO)O[C@@H]6CO)O[C@@H]5CO)O[C@H]4CO)O[C@@H]3CO. The van der Waals surface area contributed by atoms with E-state index in [9.17, 15) is 117 Å². The van der Waals surface area contributed by atoms with Gasteiger partial charge in [0, 0.05) is 6.54 Å². The average Bonchev–Trinajstić information content (AvgIpc) is 1.09. The summed E-state index contributed by atoms with van der Waals surface area (Å²) < 4.78 is 91.5. The first-order chi connectivity index (χ1) is 41.9. The average molecular weight is 1300 g/mol. The maximum absolute atomic E-state index is 11.4. The monoisotopic (exact) mass is 1300 g/mol. The molecule has 0 spiro atoms. The molecular formula is C48H81NO39. The van der Waals surface area contributed by atoms with Crippen LogP contribution in [-0.2, 0) is 75.8 Å². The van der Waals surface area contributed by atoms with Crippen LogP contribution in [0.1, 0.15) is 0 Å². The maximum Gasteiger partial charge on any atom is 0.187 e. The fourth-order valence-electron chi connectivity index (χ4n) is 11.9. The van der Waals surface area contributed by atoms with Gasteiger partial charge in [-0.05, 0) is 0 Å². The lowest BCUT2D eigenvalue weighted by molar-refractivity contribution is -0.403. The van der Waals surface area contributed by atoms with Crippen molar-refractivity contribution in [2.75, 3.05) is 52.8 Å². The van der Waals surface area contributed by atoms with Crippen LogP contribution in [-0.4, -0.2) is 416 Å². The number of hydrogen-bond acceptors (Lipinski definition) is 40. The fourth-order valence-corrected chi connectivity index (χ4v) is 11.9. The molecule has 0 radical (unpaired) electrons. The molecule has 30 saturated heterocycles. The number of ether oxygens (including phenoxy) is 16. The van der Waals surface area contributed by atoms with Crippen LogP contribution in [0.25, 0.3) is 0 Å². The van der Waals surface area contributed by atoms with Crippen molar-refractivity contribution in [2.45, 2.75) is 246 Å². The summed E-state index contributed by atoms with van der Waals surface area (Å²) in [6.07, 6.45) is -80.9. The van der Waals surface area contributed by atoms with Gasteiger partial charge >= 0.3 is 0 Å². The molecule has 0 aliphatic carbocycles. The third-order valence-electron chi connectivity index (χ3n) is 16.9. The van der Waals surface area contributed by atoms with Crippen molar-refractivity contribution in [1.82, 2.24) is 0 Å². The normalized spacial score (nSPS) is 55.4. The van der Waals surface area contributed by atoms with E-state index in [2.05, 4.69) is 0 Å². The van der Waals surface area contributed by atoms with Crippen LogP contribution in [0.5, 0.6) is 0 Å². The Morgan fingerprint density at radius 3 is 0.398 bits per heavy atom. The third-order valence-corrected chi connectivity index (χ3v) is 16.9. The van der Waals surface area contributed by atoms with E-state index in [-0.39, 0.29) is 0 Å². The molecule has 30 aliphatic rings. The third kappa shape index (κ3) is 13.8. The molecule has 30 fully saturated rings. The predicted molar refractivity (Wildman–Crippen MR) is 263 cm³/mol. The molecule has 30 aliphatic heterocycles. The number of rotatable bonds is 8. The summed E-state index contributed by atoms with van der Waals surface area (Å²) in [4.78, 5) is 0. The number of aliphatic hydroxyl groups is 23. The van der Waals surface area contributed by atoms with Crippen molar-refractivity contribution >= 4 is 0 Å². The van der Waals surface area contributed by atoms with E-state index in [0.29, 0.717) is 0 Å². The smallest absolute Gasteiger partial charge is 0.187 e. The summed E-state index contributed by atoms with van der Waals surface area (Å²) in [5.41, 5.74) is 5.96. The van der Waals surface area contributed by atoms with E-state index in [1.165, 1.54) is 0 Å². The Hall–Kier alpha value is -1.60. The lowest BCUT2D eigenvalue weighted by atomic mass is 9.94. The molecule has 25 N–H and O–H groups in total. The van der Waals surface area contributed by atoms with E-state index in [1.807, 2.05) is 0 Å². The van der Waals surface area contributed by atoms with Gasteiger partial charge in [-0.25, -0.2) is 0 Å². The van der Waals surface area contributed by atoms with Crippen LogP contribution in [0.3, 0.4) is 0 Å². The first kappa shape index (κ1) is 70.7. The van der Waals surface area contributed by atoms with Crippen LogP contribution in [0.2, 0.25) is 0 Å². The zero-order valence-electron chi connectivity index (χ0n) is 46.1. The molecule has 512 valence electrons. The highest BCUT2D eigenvalue weighted by Gasteiger charge is 2.60. The molecule has 40 heteroatoms. The van der Waals surface area contributed by atoms with E-state index in [4.69, 9.17) is 81.5 Å². The highest BCUT2D eigenvalue weighted by Crippen LogP contribution is 2.39. The number of hydrogen-bond donors (Lipinski definition) is 24. The minimum Gasteiger partial charge on any atom is -0.394 e. The zero-order valence-corrected chi connectivity index (χ0v) is 46.1. The summed E-state index contributed by atoms with van der Waals surface area (Å²) in [5.74, 6) is 0. The molecule has 0 unspecified atom stereocenters. The largest absolute Gasteiger partial charge is 0.394 e. The number of nitrogens with two attached hydrogens (primary N) is 1. The van der Waals surface area contributed by atoms with Crippen molar-refractivity contribution < 1.29 is 193 Å². The Morgan fingerprint density at radius 1 is 0.170 bits per heavy atom. The number of aliphatic hydroxyl groups excluding tert-OH is 23. The van der Waals surface area contributed by atoms with Crippen LogP contribution in [0.15, 0.2) is 0 Å². The van der Waals surface area contributed by atoms with Crippen molar-refractivity contribution in [3.8, 4) is 0 Å². The standard InChI is InChI=1S/C48H81NO39/c49-1-9-33-17(57)25(65)41(73-9)82-34-10(2-50)75-43(27(67)19(34)59)84-36-12(4-52)77-45(29(69)21(36)61)86-38-14(6-54)79-47(31(71)23(38)63)88-40-16(8-56)80-48(32(72)24(40)64)87-39-15(7-55)78-46(30(70)22(39)62)85-37-13(5-53)76-44(28(68)20(37)60)83-35-11(3-51)74-42(81-33)26(66)18(35)58/h9-48,50-72H,1-8,49H2/t9-,10-,11-,12+,13-,14-,15-,16-,17-,18+,19-,20-,21+,22+,23-,24+,25-,26+,27+,28+,29+,30+,31-,32+,33-,34-,35-,36-,37-,38-,39-,40-,41-,42-,43-,44-,45-,46-,47-,48-/m1/s1. The van der Waals surface area contributed by atoms with Gasteiger partial charge in [0.05, 0.1) is 46.2 Å². The van der Waals surface area contributed by atoms with E-state index < -0.39 is 298 Å². The molecular weight excluding hydrogens is 1210 g/mol. The van der Waals surface area contributed by atoms with Crippen molar-refractivity contribution in [1.29, 1.82) is 0 Å². The lowest BCUT2D eigenvalue weighted by Gasteiger charge is -2.50. The van der Waals surface area contributed by atoms with E-state index >= 15 is 0 Å². The van der Waals surface area contributed by atoms with Gasteiger partial charge in [-0.1, -0.05) is 0 Å². The summed E-state index contributed by atoms with van der Waals surface area (Å²) >= 11 is 0. The van der Waals surface area contributed by atoms with E-state index in [0.717, 1.165) is 0 Å². The van der Waals surface area contributed by atoms with Crippen molar-refractivity contribution in [3.05, 3.63) is 0 Å². The zero-order chi connectivity index (χ0) is 64.1. The van der Waals surface area contributed by atoms with Crippen molar-refractivity contribution in [3.63, 3.8) is 0 Å². The minimum absolute atomic E-state index is 0.580. The van der Waals surface area contributed by atoms with Crippen molar-refractivity contribution in [2.24, 2.45) is 5.73 Å². The molecule has 40 nitrogen and oxygen atoms in total. The lowest BCUT2D eigenvalue weighted by Crippen LogP contribution is -2.69. The van der Waals surface area contributed by atoms with Gasteiger partial charge in [-0.15, -0.1) is 0 Å². The first-order valence-corrected chi connectivity index (χ1v) is 28.2. The Balaban J connectivity index is 0.975. The molecule has 30 heterocycles. The van der Waals surface area contributed by atoms with E-state index in [1.54, 1.807) is 0 Å². The quantitative estimate of drug-likeness (QED) is 0.107. The molecule has 0 aromatic carbocycles. The molecule has 16 bridgehead atoms. The maximum atomic E-state index is 11.4. The summed E-state index contributed by atoms with van der Waals surface area (Å²) in [5, 5.41) is 255. The van der Waals surface area contributed by atoms with Gasteiger partial charge in [0.25, 0.3) is 0 Å². The van der Waals surface area contributed by atoms with Crippen LogP contribution in [0.4, 0.5) is 0 Å². The second kappa shape index (κ2) is 30.0. The van der Waals surface area contributed by atoms with Crippen LogP contribution in [0, 0.1) is 0 Å². The second-order valence-corrected chi connectivity index (χ2v) is 22.5. The predicted octanol–water partition coefficient (Wildman–Crippen LogP) is -17.4. The van der Waals surface area contributed by atoms with Gasteiger partial charge < -0.3 is 199 Å². The first-order valence-electron chi connectivity index (χ1n) is 28.2. The minimum atomic E-state index is -2.24. The van der Waals surface area contributed by atoms with Gasteiger partial charge in [0.15, 0.2) is 50.3 Å². The van der Waals surface area contributed by atoms with Crippen LogP contribution >= 0.6 is 0 Å². The molecule has 0 saturated carbocycles. The summed E-state index contributed by atoms with van der Waals surface area (Å²) in [6.45, 7) is -8.06. The molecule has 0 amide bonds. The molecule has 0 aromatic heterocycles. The molecule has 40 atom stereocenters. The fraction of sp³-hybridized carbons (Fsp3) is 1.00. The summed E-state index contributed by atoms with van der Waals surface area (Å²) in [7, 11) is 0. The Morgan fingerprint density at radius 2 is 0.284 bits per heavy atom. The van der Waals surface area contributed by atoms with Gasteiger partial charge in [-0.3, -0.25) is 0 Å². The highest BCUT2D eigenvalue weighted by atomic mass is 16.8. The Labute approximate surface area is 496 Å². The second-order valence-electron chi connectivity index (χ2n) is 22.5. The molecule has 88 heavy (non-hydrogen) atoms. The Bertz CT molecular complexity index is 1710.